The Bertz CT molecular complexity index is 493. The van der Waals surface area contributed by atoms with Crippen molar-refractivity contribution in [3.8, 4) is 0 Å². The molecule has 18 heavy (non-hydrogen) atoms. The first kappa shape index (κ1) is 12.5. The molecule has 0 aliphatic heterocycles. The minimum atomic E-state index is -0.0744. The van der Waals surface area contributed by atoms with E-state index in [0.29, 0.717) is 5.69 Å². The number of hydrogen-bond donors (Lipinski definition) is 1. The lowest BCUT2D eigenvalue weighted by Crippen LogP contribution is -2.18. The van der Waals surface area contributed by atoms with Gasteiger partial charge in [0.1, 0.15) is 0 Å². The maximum absolute atomic E-state index is 8.91. The third-order valence-electron chi connectivity index (χ3n) is 2.80. The lowest BCUT2D eigenvalue weighted by atomic mass is 10.1. The van der Waals surface area contributed by atoms with Crippen LogP contribution in [-0.2, 0) is 13.2 Å². The molecular formula is C14H17N3O. The average molecular weight is 243 g/mol. The van der Waals surface area contributed by atoms with Gasteiger partial charge in [-0.25, -0.2) is 0 Å². The predicted octanol–water partition coefficient (Wildman–Crippen LogP) is 1.91. The van der Waals surface area contributed by atoms with Crippen LogP contribution in [0.2, 0.25) is 0 Å². The average Bonchev–Trinajstić information content (AvgIpc) is 2.41. The van der Waals surface area contributed by atoms with Crippen LogP contribution in [0.1, 0.15) is 16.8 Å². The first-order valence-corrected chi connectivity index (χ1v) is 5.89. The van der Waals surface area contributed by atoms with Crippen molar-refractivity contribution >= 4 is 5.82 Å². The second-order valence-electron chi connectivity index (χ2n) is 4.38. The van der Waals surface area contributed by atoms with Crippen LogP contribution in [0.5, 0.6) is 0 Å². The number of nitrogens with zero attached hydrogens (tertiary/aromatic N) is 3. The lowest BCUT2D eigenvalue weighted by molar-refractivity contribution is 0.275. The van der Waals surface area contributed by atoms with Crippen molar-refractivity contribution in [1.82, 2.24) is 10.2 Å². The summed E-state index contributed by atoms with van der Waals surface area (Å²) in [6.07, 6.45) is 0. The van der Waals surface area contributed by atoms with Gasteiger partial charge in [-0.2, -0.15) is 5.10 Å². The van der Waals surface area contributed by atoms with E-state index in [-0.39, 0.29) is 6.61 Å². The van der Waals surface area contributed by atoms with E-state index in [1.165, 1.54) is 11.1 Å². The summed E-state index contributed by atoms with van der Waals surface area (Å²) in [6, 6.07) is 12.1. The van der Waals surface area contributed by atoms with E-state index < -0.39 is 0 Å². The van der Waals surface area contributed by atoms with Gasteiger partial charge in [0.25, 0.3) is 0 Å². The molecule has 4 nitrogen and oxygen atoms in total. The molecule has 1 heterocycles. The number of benzene rings is 1. The molecule has 1 aromatic heterocycles. The third-order valence-corrected chi connectivity index (χ3v) is 2.80. The van der Waals surface area contributed by atoms with Crippen molar-refractivity contribution in [2.45, 2.75) is 20.1 Å². The molecule has 0 atom stereocenters. The van der Waals surface area contributed by atoms with Gasteiger partial charge >= 0.3 is 0 Å². The van der Waals surface area contributed by atoms with Gasteiger partial charge in [0.15, 0.2) is 5.82 Å². The molecule has 2 aromatic rings. The smallest absolute Gasteiger partial charge is 0.151 e. The van der Waals surface area contributed by atoms with E-state index in [9.17, 15) is 0 Å². The second-order valence-corrected chi connectivity index (χ2v) is 4.38. The third kappa shape index (κ3) is 3.05. The van der Waals surface area contributed by atoms with Crippen molar-refractivity contribution in [2.24, 2.45) is 0 Å². The van der Waals surface area contributed by atoms with Gasteiger partial charge < -0.3 is 10.0 Å². The fourth-order valence-corrected chi connectivity index (χ4v) is 1.69. The molecule has 2 rings (SSSR count). The summed E-state index contributed by atoms with van der Waals surface area (Å²) in [5, 5.41) is 16.9. The Morgan fingerprint density at radius 2 is 1.78 bits per heavy atom. The monoisotopic (exact) mass is 243 g/mol. The van der Waals surface area contributed by atoms with Crippen LogP contribution in [0.3, 0.4) is 0 Å². The number of rotatable bonds is 4. The van der Waals surface area contributed by atoms with Crippen LogP contribution < -0.4 is 4.90 Å². The molecule has 94 valence electrons. The first-order valence-electron chi connectivity index (χ1n) is 5.89. The van der Waals surface area contributed by atoms with Gasteiger partial charge in [0, 0.05) is 13.6 Å². The largest absolute Gasteiger partial charge is 0.390 e. The van der Waals surface area contributed by atoms with E-state index in [4.69, 9.17) is 5.11 Å². The Morgan fingerprint density at radius 3 is 2.33 bits per heavy atom. The number of aliphatic hydroxyl groups is 1. The van der Waals surface area contributed by atoms with Crippen molar-refractivity contribution in [3.63, 3.8) is 0 Å². The van der Waals surface area contributed by atoms with E-state index in [1.807, 2.05) is 18.0 Å². The van der Waals surface area contributed by atoms with Crippen LogP contribution in [0.15, 0.2) is 36.4 Å². The highest BCUT2D eigenvalue weighted by Gasteiger charge is 2.04. The SMILES string of the molecule is Cc1ccc(CN(C)c2ccc(CO)nn2)cc1. The second kappa shape index (κ2) is 5.60. The minimum absolute atomic E-state index is 0.0744. The Labute approximate surface area is 107 Å². The molecule has 0 saturated carbocycles. The van der Waals surface area contributed by atoms with Crippen molar-refractivity contribution in [2.75, 3.05) is 11.9 Å². The molecule has 0 aliphatic carbocycles. The molecule has 0 fully saturated rings. The van der Waals surface area contributed by atoms with E-state index in [2.05, 4.69) is 41.4 Å². The Kier molecular flexibility index (Phi) is 3.89. The molecule has 0 bridgehead atoms. The number of anilines is 1. The lowest BCUT2D eigenvalue weighted by Gasteiger charge is -2.17. The van der Waals surface area contributed by atoms with Gasteiger partial charge in [-0.1, -0.05) is 29.8 Å². The summed E-state index contributed by atoms with van der Waals surface area (Å²) in [5.41, 5.74) is 3.08. The van der Waals surface area contributed by atoms with Gasteiger partial charge in [-0.05, 0) is 24.6 Å². The van der Waals surface area contributed by atoms with Gasteiger partial charge in [-0.15, -0.1) is 5.10 Å². The van der Waals surface area contributed by atoms with Crippen LogP contribution in [-0.4, -0.2) is 22.4 Å². The molecule has 1 N–H and O–H groups in total. The summed E-state index contributed by atoms with van der Waals surface area (Å²) in [6.45, 7) is 2.79. The zero-order valence-electron chi connectivity index (χ0n) is 10.7. The summed E-state index contributed by atoms with van der Waals surface area (Å²) >= 11 is 0. The standard InChI is InChI=1S/C14H17N3O/c1-11-3-5-12(6-4-11)9-17(2)14-8-7-13(10-18)15-16-14/h3-8,18H,9-10H2,1-2H3. The normalized spacial score (nSPS) is 10.4. The molecular weight excluding hydrogens is 226 g/mol. The van der Waals surface area contributed by atoms with Crippen LogP contribution >= 0.6 is 0 Å². The highest BCUT2D eigenvalue weighted by Crippen LogP contribution is 2.12. The summed E-state index contributed by atoms with van der Waals surface area (Å²) in [4.78, 5) is 2.03. The zero-order valence-corrected chi connectivity index (χ0v) is 10.7. The van der Waals surface area contributed by atoms with Crippen LogP contribution in [0.4, 0.5) is 5.82 Å². The van der Waals surface area contributed by atoms with Crippen molar-refractivity contribution < 1.29 is 5.11 Å². The van der Waals surface area contributed by atoms with Crippen molar-refractivity contribution in [3.05, 3.63) is 53.2 Å². The molecule has 0 aliphatic rings. The summed E-state index contributed by atoms with van der Waals surface area (Å²) in [7, 11) is 1.97. The van der Waals surface area contributed by atoms with Crippen molar-refractivity contribution in [1.29, 1.82) is 0 Å². The summed E-state index contributed by atoms with van der Waals surface area (Å²) in [5.74, 6) is 0.799. The van der Waals surface area contributed by atoms with E-state index in [1.54, 1.807) is 6.07 Å². The predicted molar refractivity (Wildman–Crippen MR) is 71.2 cm³/mol. The highest BCUT2D eigenvalue weighted by molar-refractivity contribution is 5.37. The zero-order chi connectivity index (χ0) is 13.0. The number of aliphatic hydroxyl groups excluding tert-OH is 1. The van der Waals surface area contributed by atoms with Gasteiger partial charge in [0.2, 0.25) is 0 Å². The minimum Gasteiger partial charge on any atom is -0.390 e. The fraction of sp³-hybridized carbons (Fsp3) is 0.286. The molecule has 0 radical (unpaired) electrons. The molecule has 0 unspecified atom stereocenters. The van der Waals surface area contributed by atoms with Crippen LogP contribution in [0, 0.1) is 6.92 Å². The van der Waals surface area contributed by atoms with E-state index in [0.717, 1.165) is 12.4 Å². The highest BCUT2D eigenvalue weighted by atomic mass is 16.3. The van der Waals surface area contributed by atoms with Gasteiger partial charge in [0.05, 0.1) is 12.3 Å². The first-order chi connectivity index (χ1) is 8.69. The Balaban J connectivity index is 2.06. The number of aromatic nitrogens is 2. The number of hydrogen-bond acceptors (Lipinski definition) is 4. The maximum Gasteiger partial charge on any atom is 0.151 e. The molecule has 0 amide bonds. The Hall–Kier alpha value is -1.94. The summed E-state index contributed by atoms with van der Waals surface area (Å²) < 4.78 is 0. The van der Waals surface area contributed by atoms with Gasteiger partial charge in [-0.3, -0.25) is 0 Å². The Morgan fingerprint density at radius 1 is 1.06 bits per heavy atom. The maximum atomic E-state index is 8.91. The quantitative estimate of drug-likeness (QED) is 0.891. The molecule has 0 saturated heterocycles. The molecule has 0 spiro atoms. The fourth-order valence-electron chi connectivity index (χ4n) is 1.69. The van der Waals surface area contributed by atoms with Crippen LogP contribution in [0.25, 0.3) is 0 Å². The topological polar surface area (TPSA) is 49.2 Å². The van der Waals surface area contributed by atoms with E-state index >= 15 is 0 Å². The molecule has 1 aromatic carbocycles. The molecule has 4 heteroatoms. The number of aryl methyl sites for hydroxylation is 1.